The number of aromatic nitrogens is 1. The molecule has 0 atom stereocenters. The molecular formula is C14H8BrClFNO. The number of carbonyl (C=O) groups excluding carboxylic acids is 1. The smallest absolute Gasteiger partial charge is 0.212 e. The third-order valence-electron chi connectivity index (χ3n) is 3.23. The molecule has 0 spiro atoms. The highest BCUT2D eigenvalue weighted by atomic mass is 79.9. The summed E-state index contributed by atoms with van der Waals surface area (Å²) in [4.78, 5) is 16.6. The van der Waals surface area contributed by atoms with Crippen LogP contribution in [0.1, 0.15) is 27.2 Å². The molecule has 0 aliphatic heterocycles. The van der Waals surface area contributed by atoms with Crippen molar-refractivity contribution < 1.29 is 9.18 Å². The predicted molar refractivity (Wildman–Crippen MR) is 74.2 cm³/mol. The lowest BCUT2D eigenvalue weighted by atomic mass is 10.0. The molecule has 0 saturated carbocycles. The van der Waals surface area contributed by atoms with Crippen LogP contribution in [0, 0.1) is 5.82 Å². The van der Waals surface area contributed by atoms with E-state index < -0.39 is 5.82 Å². The molecule has 0 amide bonds. The zero-order chi connectivity index (χ0) is 13.6. The van der Waals surface area contributed by atoms with Gasteiger partial charge in [0.1, 0.15) is 11.5 Å². The summed E-state index contributed by atoms with van der Waals surface area (Å²) in [6.45, 7) is 0. The van der Waals surface area contributed by atoms with E-state index in [1.165, 1.54) is 6.07 Å². The average Bonchev–Trinajstić information content (AvgIpc) is 2.52. The van der Waals surface area contributed by atoms with E-state index in [-0.39, 0.29) is 10.8 Å². The highest BCUT2D eigenvalue weighted by Crippen LogP contribution is 2.29. The van der Waals surface area contributed by atoms with Gasteiger partial charge in [-0.15, -0.1) is 0 Å². The van der Waals surface area contributed by atoms with Crippen LogP contribution in [0.25, 0.3) is 0 Å². The third kappa shape index (κ3) is 2.09. The molecule has 1 aromatic heterocycles. The van der Waals surface area contributed by atoms with Gasteiger partial charge in [0, 0.05) is 21.8 Å². The molecule has 2 aromatic rings. The van der Waals surface area contributed by atoms with Crippen LogP contribution >= 0.6 is 27.5 Å². The lowest BCUT2D eigenvalue weighted by Crippen LogP contribution is -2.07. The number of hydrogen-bond donors (Lipinski definition) is 0. The highest BCUT2D eigenvalue weighted by molar-refractivity contribution is 9.10. The van der Waals surface area contributed by atoms with Crippen molar-refractivity contribution in [2.45, 2.75) is 12.8 Å². The third-order valence-corrected chi connectivity index (χ3v) is 3.96. The van der Waals surface area contributed by atoms with Crippen molar-refractivity contribution in [1.82, 2.24) is 4.98 Å². The van der Waals surface area contributed by atoms with Gasteiger partial charge >= 0.3 is 0 Å². The first-order valence-electron chi connectivity index (χ1n) is 5.74. The summed E-state index contributed by atoms with van der Waals surface area (Å²) in [6.07, 6.45) is 2.59. The minimum absolute atomic E-state index is 0.0478. The molecule has 3 rings (SSSR count). The molecule has 0 unspecified atom stereocenters. The van der Waals surface area contributed by atoms with Crippen molar-refractivity contribution in [2.24, 2.45) is 0 Å². The van der Waals surface area contributed by atoms with Crippen LogP contribution in [-0.2, 0) is 12.8 Å². The van der Waals surface area contributed by atoms with E-state index in [0.29, 0.717) is 29.7 Å². The lowest BCUT2D eigenvalue weighted by Gasteiger charge is -2.06. The topological polar surface area (TPSA) is 30.0 Å². The van der Waals surface area contributed by atoms with Gasteiger partial charge in [-0.25, -0.2) is 4.39 Å². The molecule has 19 heavy (non-hydrogen) atoms. The molecule has 1 aromatic carbocycles. The fraction of sp³-hybridized carbons (Fsp3) is 0.143. The summed E-state index contributed by atoms with van der Waals surface area (Å²) in [5.41, 5.74) is 1.96. The summed E-state index contributed by atoms with van der Waals surface area (Å²) in [6, 6.07) is 4.84. The predicted octanol–water partition coefficient (Wildman–Crippen LogP) is 3.97. The monoisotopic (exact) mass is 339 g/mol. The van der Waals surface area contributed by atoms with Gasteiger partial charge in [-0.1, -0.05) is 11.6 Å². The number of nitrogens with zero attached hydrogens (tertiary/aromatic N) is 1. The van der Waals surface area contributed by atoms with Gasteiger partial charge in [0.2, 0.25) is 5.78 Å². The fourth-order valence-corrected chi connectivity index (χ4v) is 2.87. The van der Waals surface area contributed by atoms with E-state index in [9.17, 15) is 9.18 Å². The second-order valence-electron chi connectivity index (χ2n) is 4.38. The van der Waals surface area contributed by atoms with Gasteiger partial charge in [-0.3, -0.25) is 9.78 Å². The molecular weight excluding hydrogens is 333 g/mol. The van der Waals surface area contributed by atoms with Gasteiger partial charge in [0.25, 0.3) is 0 Å². The largest absolute Gasteiger partial charge is 0.287 e. The maximum Gasteiger partial charge on any atom is 0.212 e. The second-order valence-corrected chi connectivity index (χ2v) is 5.70. The molecule has 96 valence electrons. The minimum Gasteiger partial charge on any atom is -0.287 e. The molecule has 5 heteroatoms. The Kier molecular flexibility index (Phi) is 3.15. The van der Waals surface area contributed by atoms with Gasteiger partial charge in [-0.2, -0.15) is 0 Å². The average molecular weight is 341 g/mol. The first kappa shape index (κ1) is 12.8. The number of benzene rings is 1. The van der Waals surface area contributed by atoms with Crippen molar-refractivity contribution in [1.29, 1.82) is 0 Å². The van der Waals surface area contributed by atoms with E-state index >= 15 is 0 Å². The molecule has 1 aliphatic carbocycles. The van der Waals surface area contributed by atoms with Gasteiger partial charge in [0.15, 0.2) is 0 Å². The van der Waals surface area contributed by atoms with Crippen molar-refractivity contribution >= 4 is 33.3 Å². The van der Waals surface area contributed by atoms with Gasteiger partial charge in [0.05, 0.1) is 5.02 Å². The maximum atomic E-state index is 14.0. The van der Waals surface area contributed by atoms with Crippen LogP contribution in [0.4, 0.5) is 4.39 Å². The summed E-state index contributed by atoms with van der Waals surface area (Å²) in [5.74, 6) is -0.745. The van der Waals surface area contributed by atoms with Crippen molar-refractivity contribution in [3.05, 3.63) is 62.1 Å². The van der Waals surface area contributed by atoms with Gasteiger partial charge in [-0.05, 0) is 52.5 Å². The van der Waals surface area contributed by atoms with E-state index in [1.54, 1.807) is 12.3 Å². The van der Waals surface area contributed by atoms with Crippen LogP contribution in [0.2, 0.25) is 5.02 Å². The Bertz CT molecular complexity index is 702. The number of fused-ring (bicyclic) bond motifs is 2. The Balaban J connectivity index is 2.22. The Morgan fingerprint density at radius 1 is 1.32 bits per heavy atom. The molecule has 1 heterocycles. The van der Waals surface area contributed by atoms with E-state index in [2.05, 4.69) is 20.9 Å². The SMILES string of the molecule is O=C1c2ccc(Cl)c(F)c2CCc2cc(Br)cnc21. The summed E-state index contributed by atoms with van der Waals surface area (Å²) in [7, 11) is 0. The van der Waals surface area contributed by atoms with Crippen LogP contribution < -0.4 is 0 Å². The van der Waals surface area contributed by atoms with E-state index in [0.717, 1.165) is 10.0 Å². The molecule has 0 fully saturated rings. The van der Waals surface area contributed by atoms with E-state index in [1.807, 2.05) is 6.07 Å². The number of pyridine rings is 1. The van der Waals surface area contributed by atoms with E-state index in [4.69, 9.17) is 11.6 Å². The van der Waals surface area contributed by atoms with Crippen molar-refractivity contribution in [3.8, 4) is 0 Å². The number of aryl methyl sites for hydroxylation is 1. The minimum atomic E-state index is -0.501. The molecule has 0 bridgehead atoms. The Hall–Kier alpha value is -1.26. The number of carbonyl (C=O) groups is 1. The maximum absolute atomic E-state index is 14.0. The number of halogens is 3. The zero-order valence-corrected chi connectivity index (χ0v) is 12.1. The summed E-state index contributed by atoms with van der Waals surface area (Å²) in [5, 5.41) is 0.0478. The first-order valence-corrected chi connectivity index (χ1v) is 6.91. The number of rotatable bonds is 0. The van der Waals surface area contributed by atoms with Crippen LogP contribution in [0.3, 0.4) is 0 Å². The zero-order valence-electron chi connectivity index (χ0n) is 9.71. The quantitative estimate of drug-likeness (QED) is 0.726. The molecule has 0 N–H and O–H groups in total. The molecule has 1 aliphatic rings. The standard InChI is InChI=1S/C14H8BrClFNO/c15-8-5-7-1-2-9-10(3-4-11(16)12(9)17)14(19)13(7)18-6-8/h3-6H,1-2H2. The summed E-state index contributed by atoms with van der Waals surface area (Å²) < 4.78 is 14.8. The normalized spacial score (nSPS) is 13.7. The summed E-state index contributed by atoms with van der Waals surface area (Å²) >= 11 is 9.10. The fourth-order valence-electron chi connectivity index (χ4n) is 2.31. The number of ketones is 1. The number of hydrogen-bond acceptors (Lipinski definition) is 2. The lowest BCUT2D eigenvalue weighted by molar-refractivity contribution is 0.103. The molecule has 0 saturated heterocycles. The highest BCUT2D eigenvalue weighted by Gasteiger charge is 2.25. The van der Waals surface area contributed by atoms with Crippen molar-refractivity contribution in [3.63, 3.8) is 0 Å². The van der Waals surface area contributed by atoms with Crippen LogP contribution in [0.15, 0.2) is 28.9 Å². The molecule has 0 radical (unpaired) electrons. The Labute approximate surface area is 122 Å². The van der Waals surface area contributed by atoms with Crippen molar-refractivity contribution in [2.75, 3.05) is 0 Å². The van der Waals surface area contributed by atoms with Crippen LogP contribution in [0.5, 0.6) is 0 Å². The second kappa shape index (κ2) is 4.69. The Morgan fingerprint density at radius 3 is 2.89 bits per heavy atom. The van der Waals surface area contributed by atoms with Crippen LogP contribution in [-0.4, -0.2) is 10.8 Å². The Morgan fingerprint density at radius 2 is 2.11 bits per heavy atom. The first-order chi connectivity index (χ1) is 9.08. The van der Waals surface area contributed by atoms with Gasteiger partial charge < -0.3 is 0 Å². The molecule has 2 nitrogen and oxygen atoms in total.